The average Bonchev–Trinajstić information content (AvgIpc) is 2.67. The smallest absolute Gasteiger partial charge is 0.234 e. The number of rotatable bonds is 5. The van der Waals surface area contributed by atoms with E-state index >= 15 is 0 Å². The van der Waals surface area contributed by atoms with Gasteiger partial charge < -0.3 is 5.32 Å². The van der Waals surface area contributed by atoms with Gasteiger partial charge >= 0.3 is 0 Å². The topological polar surface area (TPSA) is 75.3 Å². The van der Waals surface area contributed by atoms with Crippen LogP contribution >= 0.6 is 11.6 Å². The minimum absolute atomic E-state index is 0.0800. The molecule has 152 valence electrons. The van der Waals surface area contributed by atoms with Crippen molar-refractivity contribution < 1.29 is 18.8 Å². The lowest BCUT2D eigenvalue weighted by molar-refractivity contribution is -0.134. The first kappa shape index (κ1) is 21.0. The van der Waals surface area contributed by atoms with Crippen molar-refractivity contribution in [2.24, 2.45) is 0 Å². The summed E-state index contributed by atoms with van der Waals surface area (Å²) in [7, 11) is 0. The molecule has 0 bridgehead atoms. The van der Waals surface area contributed by atoms with Gasteiger partial charge in [-0.25, -0.2) is 4.39 Å². The molecular formula is C22H22ClFN2O3. The monoisotopic (exact) mass is 416 g/mol. The molecule has 2 N–H and O–H groups in total. The van der Waals surface area contributed by atoms with E-state index < -0.39 is 23.1 Å². The molecule has 0 aromatic heterocycles. The number of benzene rings is 2. The van der Waals surface area contributed by atoms with Gasteiger partial charge in [0.1, 0.15) is 5.82 Å². The Morgan fingerprint density at radius 2 is 1.93 bits per heavy atom. The normalized spacial score (nSPS) is 17.0. The molecule has 1 saturated heterocycles. The van der Waals surface area contributed by atoms with Gasteiger partial charge in [0, 0.05) is 23.6 Å². The van der Waals surface area contributed by atoms with Gasteiger partial charge in [-0.1, -0.05) is 41.9 Å². The highest BCUT2D eigenvalue weighted by Crippen LogP contribution is 2.33. The van der Waals surface area contributed by atoms with E-state index in [2.05, 4.69) is 10.6 Å². The molecule has 1 aliphatic heterocycles. The van der Waals surface area contributed by atoms with Crippen molar-refractivity contribution >= 4 is 29.3 Å². The maximum Gasteiger partial charge on any atom is 0.234 e. The number of hydrogen-bond acceptors (Lipinski definition) is 3. The molecule has 2 aromatic carbocycles. The van der Waals surface area contributed by atoms with Crippen LogP contribution in [0.15, 0.2) is 42.5 Å². The summed E-state index contributed by atoms with van der Waals surface area (Å²) in [6, 6.07) is 12.2. The van der Waals surface area contributed by atoms with Crippen LogP contribution in [0.3, 0.4) is 0 Å². The second-order valence-electron chi connectivity index (χ2n) is 7.65. The summed E-state index contributed by atoms with van der Waals surface area (Å²) in [6.45, 7) is 3.73. The number of hydrogen-bond donors (Lipinski definition) is 2. The van der Waals surface area contributed by atoms with Crippen LogP contribution in [-0.4, -0.2) is 17.7 Å². The zero-order valence-electron chi connectivity index (χ0n) is 16.2. The molecule has 1 fully saturated rings. The molecule has 3 rings (SSSR count). The van der Waals surface area contributed by atoms with Crippen molar-refractivity contribution in [2.45, 2.75) is 44.6 Å². The third kappa shape index (κ3) is 4.48. The number of halogens is 2. The van der Waals surface area contributed by atoms with E-state index in [1.807, 2.05) is 44.2 Å². The number of piperidine rings is 1. The molecule has 1 unspecified atom stereocenters. The third-order valence-electron chi connectivity index (χ3n) is 5.24. The zero-order valence-corrected chi connectivity index (χ0v) is 17.0. The van der Waals surface area contributed by atoms with Gasteiger partial charge in [0.15, 0.2) is 0 Å². The summed E-state index contributed by atoms with van der Waals surface area (Å²) < 4.78 is 14.7. The first-order valence-electron chi connectivity index (χ1n) is 9.35. The summed E-state index contributed by atoms with van der Waals surface area (Å²) in [5, 5.41) is 5.13. The summed E-state index contributed by atoms with van der Waals surface area (Å²) in [6.07, 6.45) is 0.348. The maximum atomic E-state index is 14.7. The molecule has 0 radical (unpaired) electrons. The average molecular weight is 417 g/mol. The maximum absolute atomic E-state index is 14.7. The molecule has 3 amide bonds. The van der Waals surface area contributed by atoms with Gasteiger partial charge in [-0.05, 0) is 43.5 Å². The van der Waals surface area contributed by atoms with Gasteiger partial charge in [-0.15, -0.1) is 0 Å². The van der Waals surface area contributed by atoms with Gasteiger partial charge in [0.25, 0.3) is 0 Å². The van der Waals surface area contributed by atoms with Crippen LogP contribution in [0.5, 0.6) is 0 Å². The molecule has 1 atom stereocenters. The second kappa shape index (κ2) is 8.33. The van der Waals surface area contributed by atoms with Gasteiger partial charge in [0.2, 0.25) is 17.7 Å². The molecule has 1 heterocycles. The summed E-state index contributed by atoms with van der Waals surface area (Å²) in [4.78, 5) is 36.0. The minimum Gasteiger partial charge on any atom is -0.351 e. The Morgan fingerprint density at radius 3 is 2.55 bits per heavy atom. The highest BCUT2D eigenvalue weighted by molar-refractivity contribution is 6.31. The molecule has 0 aliphatic carbocycles. The van der Waals surface area contributed by atoms with Crippen molar-refractivity contribution in [1.29, 1.82) is 0 Å². The molecule has 5 nitrogen and oxygen atoms in total. The highest BCUT2D eigenvalue weighted by atomic mass is 35.5. The quantitative estimate of drug-likeness (QED) is 0.731. The van der Waals surface area contributed by atoms with Crippen LogP contribution < -0.4 is 10.6 Å². The van der Waals surface area contributed by atoms with E-state index in [0.29, 0.717) is 5.56 Å². The van der Waals surface area contributed by atoms with E-state index in [9.17, 15) is 18.8 Å². The Morgan fingerprint density at radius 1 is 1.24 bits per heavy atom. The lowest BCUT2D eigenvalue weighted by atomic mass is 9.83. The molecule has 1 aliphatic rings. The second-order valence-corrected chi connectivity index (χ2v) is 8.06. The van der Waals surface area contributed by atoms with Crippen LogP contribution in [0, 0.1) is 5.82 Å². The fraction of sp³-hybridized carbons (Fsp3) is 0.318. The number of carbonyl (C=O) groups excluding carboxylic acids is 3. The Bertz CT molecular complexity index is 937. The van der Waals surface area contributed by atoms with Crippen LogP contribution in [0.2, 0.25) is 5.02 Å². The predicted molar refractivity (Wildman–Crippen MR) is 108 cm³/mol. The molecule has 7 heteroatoms. The largest absolute Gasteiger partial charge is 0.351 e. The highest BCUT2D eigenvalue weighted by Gasteiger charge is 2.32. The molecule has 0 saturated carbocycles. The standard InChI is InChI=1S/C22H22ClFN2O3/c1-22(2,14-6-4-3-5-7-14)21(29)25-12-13-10-16(23)19(17(24)11-13)15-8-9-18(27)26-20(15)28/h3-7,10-11,15H,8-9,12H2,1-2H3,(H,25,29)(H,26,27,28). The number of imide groups is 1. The Balaban J connectivity index is 1.73. The first-order chi connectivity index (χ1) is 13.7. The van der Waals surface area contributed by atoms with Gasteiger partial charge in [0.05, 0.1) is 11.3 Å². The van der Waals surface area contributed by atoms with Crippen LogP contribution in [0.4, 0.5) is 4.39 Å². The SMILES string of the molecule is CC(C)(C(=O)NCc1cc(F)c(C2CCC(=O)NC2=O)c(Cl)c1)c1ccccc1. The van der Waals surface area contributed by atoms with E-state index in [4.69, 9.17) is 11.6 Å². The lowest BCUT2D eigenvalue weighted by Crippen LogP contribution is -2.40. The number of amides is 3. The van der Waals surface area contributed by atoms with Gasteiger partial charge in [-0.2, -0.15) is 0 Å². The van der Waals surface area contributed by atoms with Crippen LogP contribution in [-0.2, 0) is 26.3 Å². The van der Waals surface area contributed by atoms with Crippen LogP contribution in [0.25, 0.3) is 0 Å². The Kier molecular flexibility index (Phi) is 6.03. The third-order valence-corrected chi connectivity index (χ3v) is 5.56. The number of carbonyl (C=O) groups is 3. The van der Waals surface area contributed by atoms with Crippen molar-refractivity contribution in [2.75, 3.05) is 0 Å². The van der Waals surface area contributed by atoms with Crippen LogP contribution in [0.1, 0.15) is 49.3 Å². The summed E-state index contributed by atoms with van der Waals surface area (Å²) in [5.41, 5.74) is 0.683. The Labute approximate surface area is 173 Å². The fourth-order valence-electron chi connectivity index (χ4n) is 3.43. The summed E-state index contributed by atoms with van der Waals surface area (Å²) >= 11 is 6.25. The molecule has 29 heavy (non-hydrogen) atoms. The Hall–Kier alpha value is -2.73. The van der Waals surface area contributed by atoms with Gasteiger partial charge in [-0.3, -0.25) is 19.7 Å². The fourth-order valence-corrected chi connectivity index (χ4v) is 3.79. The number of nitrogens with one attached hydrogen (secondary N) is 2. The lowest BCUT2D eigenvalue weighted by Gasteiger charge is -2.25. The minimum atomic E-state index is -0.805. The van der Waals surface area contributed by atoms with Crippen molar-refractivity contribution in [3.8, 4) is 0 Å². The van der Waals surface area contributed by atoms with E-state index in [-0.39, 0.29) is 41.8 Å². The first-order valence-corrected chi connectivity index (χ1v) is 9.73. The zero-order chi connectivity index (χ0) is 21.2. The van der Waals surface area contributed by atoms with Crippen molar-refractivity contribution in [3.05, 3.63) is 70.0 Å². The van der Waals surface area contributed by atoms with Crippen molar-refractivity contribution in [1.82, 2.24) is 10.6 Å². The van der Waals surface area contributed by atoms with Crippen molar-refractivity contribution in [3.63, 3.8) is 0 Å². The predicted octanol–water partition coefficient (Wildman–Crippen LogP) is 3.59. The van der Waals surface area contributed by atoms with E-state index in [1.54, 1.807) is 6.07 Å². The summed E-state index contributed by atoms with van der Waals surface area (Å²) in [5.74, 6) is -2.55. The molecule has 2 aromatic rings. The molecular weight excluding hydrogens is 395 g/mol. The van der Waals surface area contributed by atoms with E-state index in [0.717, 1.165) is 5.56 Å². The van der Waals surface area contributed by atoms with E-state index in [1.165, 1.54) is 6.07 Å². The molecule has 0 spiro atoms.